The van der Waals surface area contributed by atoms with Gasteiger partial charge < -0.3 is 5.10 Å². The number of nitro benzene ring substituents is 1. The summed E-state index contributed by atoms with van der Waals surface area (Å²) in [6.07, 6.45) is -0.0894. The van der Waals surface area contributed by atoms with Crippen molar-refractivity contribution in [3.63, 3.8) is 0 Å². The van der Waals surface area contributed by atoms with Gasteiger partial charge in [0.15, 0.2) is 0 Å². The van der Waals surface area contributed by atoms with Crippen LogP contribution in [0.5, 0.6) is 0 Å². The lowest BCUT2D eigenvalue weighted by atomic mass is 9.80. The Morgan fingerprint density at radius 3 is 2.61 bits per heavy atom. The molecular formula is C15H13N5O3. The normalized spacial score (nSPS) is 12.8. The number of hydrogen-bond donors (Lipinski definition) is 2. The molecule has 1 heterocycles. The van der Waals surface area contributed by atoms with E-state index >= 15 is 0 Å². The van der Waals surface area contributed by atoms with Gasteiger partial charge in [0, 0.05) is 29.3 Å². The van der Waals surface area contributed by atoms with Crippen molar-refractivity contribution in [3.8, 4) is 12.1 Å². The number of non-ortho nitro benzene ring substituents is 1. The highest BCUT2D eigenvalue weighted by atomic mass is 16.6. The van der Waals surface area contributed by atoms with Crippen LogP contribution in [-0.2, 0) is 0 Å². The maximum atomic E-state index is 12.1. The number of nitriles is 2. The lowest BCUT2D eigenvalue weighted by Gasteiger charge is -2.19. The van der Waals surface area contributed by atoms with Gasteiger partial charge in [-0.05, 0) is 12.5 Å². The van der Waals surface area contributed by atoms with Gasteiger partial charge in [-0.3, -0.25) is 20.0 Å². The predicted molar refractivity (Wildman–Crippen MR) is 80.4 cm³/mol. The summed E-state index contributed by atoms with van der Waals surface area (Å²) >= 11 is 0. The number of benzene rings is 1. The Morgan fingerprint density at radius 2 is 2.09 bits per heavy atom. The SMILES string of the molecule is Cc1[nH][nH]c(=O)c1[C@@H](c1cccc([N+](=O)[O-])c1)[C@H](C#N)CC#N. The number of nitrogens with zero attached hydrogens (tertiary/aromatic N) is 3. The minimum Gasteiger partial charge on any atom is -0.302 e. The van der Waals surface area contributed by atoms with Crippen molar-refractivity contribution in [2.75, 3.05) is 0 Å². The first kappa shape index (κ1) is 16.0. The third-order valence-electron chi connectivity index (χ3n) is 3.64. The van der Waals surface area contributed by atoms with E-state index in [9.17, 15) is 20.2 Å². The van der Waals surface area contributed by atoms with Crippen LogP contribution in [0.15, 0.2) is 29.1 Å². The molecule has 2 N–H and O–H groups in total. The molecule has 0 aliphatic carbocycles. The summed E-state index contributed by atoms with van der Waals surface area (Å²) in [4.78, 5) is 22.5. The molecule has 0 spiro atoms. The van der Waals surface area contributed by atoms with Crippen LogP contribution in [0.2, 0.25) is 0 Å². The van der Waals surface area contributed by atoms with Crippen LogP contribution in [0.3, 0.4) is 0 Å². The number of rotatable bonds is 5. The molecule has 8 nitrogen and oxygen atoms in total. The molecule has 1 aromatic heterocycles. The molecule has 0 aliphatic rings. The molecule has 2 rings (SSSR count). The number of hydrogen-bond acceptors (Lipinski definition) is 5. The molecule has 0 radical (unpaired) electrons. The third-order valence-corrected chi connectivity index (χ3v) is 3.64. The maximum absolute atomic E-state index is 12.1. The van der Waals surface area contributed by atoms with Crippen molar-refractivity contribution >= 4 is 5.69 Å². The van der Waals surface area contributed by atoms with Crippen molar-refractivity contribution in [3.05, 3.63) is 61.6 Å². The van der Waals surface area contributed by atoms with Crippen molar-refractivity contribution in [1.29, 1.82) is 10.5 Å². The molecule has 8 heteroatoms. The zero-order chi connectivity index (χ0) is 17.0. The Kier molecular flexibility index (Phi) is 4.58. The highest BCUT2D eigenvalue weighted by molar-refractivity contribution is 5.42. The zero-order valence-electron chi connectivity index (χ0n) is 12.2. The minimum absolute atomic E-state index is 0.0894. The molecule has 2 atom stereocenters. The summed E-state index contributed by atoms with van der Waals surface area (Å²) < 4.78 is 0. The van der Waals surface area contributed by atoms with Crippen LogP contribution < -0.4 is 5.56 Å². The molecule has 0 unspecified atom stereocenters. The van der Waals surface area contributed by atoms with Crippen molar-refractivity contribution in [2.45, 2.75) is 19.3 Å². The van der Waals surface area contributed by atoms with E-state index in [1.54, 1.807) is 13.0 Å². The van der Waals surface area contributed by atoms with E-state index in [0.717, 1.165) is 0 Å². The Labute approximate surface area is 131 Å². The summed E-state index contributed by atoms with van der Waals surface area (Å²) in [5, 5.41) is 34.4. The Morgan fingerprint density at radius 1 is 1.35 bits per heavy atom. The van der Waals surface area contributed by atoms with Crippen molar-refractivity contribution in [1.82, 2.24) is 10.2 Å². The monoisotopic (exact) mass is 311 g/mol. The van der Waals surface area contributed by atoms with Crippen LogP contribution in [-0.4, -0.2) is 15.1 Å². The number of aryl methyl sites for hydroxylation is 1. The third kappa shape index (κ3) is 3.11. The average Bonchev–Trinajstić information content (AvgIpc) is 2.87. The second kappa shape index (κ2) is 6.58. The maximum Gasteiger partial charge on any atom is 0.269 e. The molecule has 0 aliphatic heterocycles. The van der Waals surface area contributed by atoms with Crippen LogP contribution in [0.4, 0.5) is 5.69 Å². The Hall–Kier alpha value is -3.39. The lowest BCUT2D eigenvalue weighted by Crippen LogP contribution is -2.20. The first-order chi connectivity index (χ1) is 11.0. The van der Waals surface area contributed by atoms with Gasteiger partial charge in [0.25, 0.3) is 11.2 Å². The second-order valence-electron chi connectivity index (χ2n) is 5.05. The average molecular weight is 311 g/mol. The van der Waals surface area contributed by atoms with Crippen LogP contribution >= 0.6 is 0 Å². The lowest BCUT2D eigenvalue weighted by molar-refractivity contribution is -0.384. The predicted octanol–water partition coefficient (Wildman–Crippen LogP) is 2.10. The van der Waals surface area contributed by atoms with E-state index in [1.807, 2.05) is 12.1 Å². The zero-order valence-corrected chi connectivity index (χ0v) is 12.2. The standard InChI is InChI=1S/C15H13N5O3/c1-9-13(15(21)19-18-9)14(11(8-17)5-6-16)10-3-2-4-12(7-10)20(22)23/h2-4,7,11,14H,5H2,1H3,(H2,18,19,21)/t11-,14-/m0/s1. The highest BCUT2D eigenvalue weighted by Crippen LogP contribution is 2.34. The number of nitrogens with one attached hydrogen (secondary N) is 2. The number of aromatic amines is 2. The van der Waals surface area contributed by atoms with Gasteiger partial charge >= 0.3 is 0 Å². The fraction of sp³-hybridized carbons (Fsp3) is 0.267. The molecule has 0 saturated heterocycles. The fourth-order valence-electron chi connectivity index (χ4n) is 2.60. The van der Waals surface area contributed by atoms with Crippen LogP contribution in [0.25, 0.3) is 0 Å². The largest absolute Gasteiger partial charge is 0.302 e. The summed E-state index contributed by atoms with van der Waals surface area (Å²) in [5.74, 6) is -1.52. The van der Waals surface area contributed by atoms with E-state index in [4.69, 9.17) is 5.26 Å². The summed E-state index contributed by atoms with van der Waals surface area (Å²) in [5.41, 5.74) is 0.758. The fourth-order valence-corrected chi connectivity index (χ4v) is 2.60. The van der Waals surface area contributed by atoms with Crippen LogP contribution in [0.1, 0.15) is 29.2 Å². The number of aromatic nitrogens is 2. The van der Waals surface area contributed by atoms with E-state index in [-0.39, 0.29) is 12.1 Å². The van der Waals surface area contributed by atoms with Crippen molar-refractivity contribution < 1.29 is 4.92 Å². The first-order valence-electron chi connectivity index (χ1n) is 6.77. The molecule has 1 aromatic carbocycles. The molecule has 116 valence electrons. The second-order valence-corrected chi connectivity index (χ2v) is 5.05. The Bertz CT molecular complexity index is 868. The number of H-pyrrole nitrogens is 2. The summed E-state index contributed by atoms with van der Waals surface area (Å²) in [7, 11) is 0. The van der Waals surface area contributed by atoms with Gasteiger partial charge in [0.1, 0.15) is 0 Å². The molecule has 0 amide bonds. The number of nitro groups is 1. The van der Waals surface area contributed by atoms with Gasteiger partial charge in [0.2, 0.25) is 0 Å². The van der Waals surface area contributed by atoms with E-state index in [0.29, 0.717) is 16.8 Å². The quantitative estimate of drug-likeness (QED) is 0.642. The van der Waals surface area contributed by atoms with Gasteiger partial charge in [-0.25, -0.2) is 0 Å². The highest BCUT2D eigenvalue weighted by Gasteiger charge is 2.30. The molecular weight excluding hydrogens is 298 g/mol. The minimum atomic E-state index is -0.794. The summed E-state index contributed by atoms with van der Waals surface area (Å²) in [6, 6.07) is 9.74. The molecule has 0 bridgehead atoms. The smallest absolute Gasteiger partial charge is 0.269 e. The Balaban J connectivity index is 2.66. The molecule has 23 heavy (non-hydrogen) atoms. The molecule has 0 saturated carbocycles. The van der Waals surface area contributed by atoms with Crippen LogP contribution in [0, 0.1) is 45.6 Å². The van der Waals surface area contributed by atoms with E-state index in [2.05, 4.69) is 10.2 Å². The van der Waals surface area contributed by atoms with Gasteiger partial charge in [0.05, 0.1) is 29.4 Å². The van der Waals surface area contributed by atoms with E-state index < -0.39 is 22.3 Å². The van der Waals surface area contributed by atoms with Crippen molar-refractivity contribution in [2.24, 2.45) is 5.92 Å². The molecule has 0 fully saturated rings. The molecule has 2 aromatic rings. The van der Waals surface area contributed by atoms with Gasteiger partial charge in [-0.1, -0.05) is 12.1 Å². The van der Waals surface area contributed by atoms with Gasteiger partial charge in [-0.2, -0.15) is 10.5 Å². The first-order valence-corrected chi connectivity index (χ1v) is 6.77. The van der Waals surface area contributed by atoms with E-state index in [1.165, 1.54) is 18.2 Å². The topological polar surface area (TPSA) is 139 Å². The van der Waals surface area contributed by atoms with Gasteiger partial charge in [-0.15, -0.1) is 0 Å². The summed E-state index contributed by atoms with van der Waals surface area (Å²) in [6.45, 7) is 1.67.